The molecule has 7 atom stereocenters. The van der Waals surface area contributed by atoms with Crippen molar-refractivity contribution in [2.24, 2.45) is 11.8 Å². The predicted octanol–water partition coefficient (Wildman–Crippen LogP) is 3.85. The molecule has 3 aliphatic heterocycles. The van der Waals surface area contributed by atoms with Crippen LogP contribution in [0, 0.1) is 11.8 Å². The van der Waals surface area contributed by atoms with Crippen LogP contribution >= 0.6 is 11.6 Å². The van der Waals surface area contributed by atoms with Crippen LogP contribution in [-0.2, 0) is 35.1 Å². The molecule has 3 aliphatic rings. The molecule has 5 rings (SSSR count). The van der Waals surface area contributed by atoms with Crippen LogP contribution in [0.5, 0.6) is 0 Å². The number of halogens is 1. The van der Waals surface area contributed by atoms with E-state index in [-0.39, 0.29) is 31.8 Å². The number of ether oxygens (including phenoxy) is 2. The lowest BCUT2D eigenvalue weighted by Gasteiger charge is -2.39. The highest BCUT2D eigenvalue weighted by molar-refractivity contribution is 6.34. The minimum Gasteiger partial charge on any atom is -0.460 e. The second kappa shape index (κ2) is 14.8. The van der Waals surface area contributed by atoms with Gasteiger partial charge in [-0.1, -0.05) is 66.2 Å². The number of allylic oxidation sites excluding steroid dienone is 1. The summed E-state index contributed by atoms with van der Waals surface area (Å²) in [4.78, 5) is 58.2. The van der Waals surface area contributed by atoms with E-state index in [0.29, 0.717) is 30.0 Å². The van der Waals surface area contributed by atoms with Crippen molar-refractivity contribution in [2.75, 3.05) is 24.6 Å². The minimum absolute atomic E-state index is 0.106. The Balaban J connectivity index is 1.49. The lowest BCUT2D eigenvalue weighted by molar-refractivity contribution is -0.159. The van der Waals surface area contributed by atoms with Crippen molar-refractivity contribution in [2.45, 2.75) is 68.9 Å². The van der Waals surface area contributed by atoms with Crippen LogP contribution in [0.2, 0.25) is 5.02 Å². The first kappa shape index (κ1) is 34.3. The summed E-state index contributed by atoms with van der Waals surface area (Å²) in [6.45, 7) is 8.93. The molecule has 3 fully saturated rings. The molecule has 2 N–H and O–H groups in total. The van der Waals surface area contributed by atoms with E-state index in [2.05, 4.69) is 18.5 Å². The number of carbonyl (C=O) groups is 4. The van der Waals surface area contributed by atoms with Gasteiger partial charge in [0.2, 0.25) is 11.8 Å². The van der Waals surface area contributed by atoms with E-state index in [1.54, 1.807) is 43.3 Å². The number of benzene rings is 2. The SMILES string of the molecule is C=CCCC(=O)NC[C@H](C)OC(=O)[C@@H]1[C@@H]2CC[C@]3(O2)[C@H](C(=O)N(CC=C)c2ccccc2Cl)N([C@@H](CO)Cc2ccccc2)C(=O)[C@@H]13. The van der Waals surface area contributed by atoms with Gasteiger partial charge in [-0.05, 0) is 50.3 Å². The summed E-state index contributed by atoms with van der Waals surface area (Å²) < 4.78 is 12.4. The summed E-state index contributed by atoms with van der Waals surface area (Å²) in [7, 11) is 0. The van der Waals surface area contributed by atoms with E-state index in [0.717, 1.165) is 5.56 Å². The molecule has 0 aliphatic carbocycles. The number of amides is 3. The number of esters is 1. The number of aliphatic hydroxyl groups is 1. The largest absolute Gasteiger partial charge is 0.460 e. The fourth-order valence-electron chi connectivity index (χ4n) is 7.32. The van der Waals surface area contributed by atoms with E-state index in [1.807, 2.05) is 30.3 Å². The fourth-order valence-corrected chi connectivity index (χ4v) is 7.56. The minimum atomic E-state index is -1.32. The lowest BCUT2D eigenvalue weighted by atomic mass is 9.70. The van der Waals surface area contributed by atoms with Gasteiger partial charge in [0.1, 0.15) is 17.7 Å². The number of likely N-dealkylation sites (tertiary alicyclic amines) is 1. The van der Waals surface area contributed by atoms with Crippen molar-refractivity contribution in [1.82, 2.24) is 10.2 Å². The maximum Gasteiger partial charge on any atom is 0.312 e. The molecule has 1 spiro atoms. The van der Waals surface area contributed by atoms with Crippen molar-refractivity contribution in [3.05, 3.63) is 90.5 Å². The number of carbonyl (C=O) groups excluding carboxylic acids is 4. The van der Waals surface area contributed by atoms with Gasteiger partial charge >= 0.3 is 5.97 Å². The highest BCUT2D eigenvalue weighted by Gasteiger charge is 2.75. The van der Waals surface area contributed by atoms with Crippen molar-refractivity contribution in [1.29, 1.82) is 0 Å². The number of nitrogens with zero attached hydrogens (tertiary/aromatic N) is 2. The third kappa shape index (κ3) is 6.72. The number of fused-ring (bicyclic) bond motifs is 1. The Morgan fingerprint density at radius 1 is 1.17 bits per heavy atom. The zero-order valence-corrected chi connectivity index (χ0v) is 27.3. The lowest BCUT2D eigenvalue weighted by Crippen LogP contribution is -2.59. The zero-order valence-electron chi connectivity index (χ0n) is 26.6. The van der Waals surface area contributed by atoms with Gasteiger partial charge in [-0.2, -0.15) is 0 Å². The van der Waals surface area contributed by atoms with E-state index in [4.69, 9.17) is 21.1 Å². The normalized spacial score (nSPS) is 25.5. The topological polar surface area (TPSA) is 125 Å². The maximum atomic E-state index is 14.8. The number of para-hydroxylation sites is 1. The Morgan fingerprint density at radius 3 is 2.57 bits per heavy atom. The van der Waals surface area contributed by atoms with Crippen LogP contribution in [0.1, 0.15) is 38.2 Å². The predicted molar refractivity (Wildman–Crippen MR) is 177 cm³/mol. The van der Waals surface area contributed by atoms with Crippen molar-refractivity contribution < 1.29 is 33.8 Å². The number of nitrogens with one attached hydrogen (secondary N) is 1. The third-order valence-electron chi connectivity index (χ3n) is 9.36. The second-order valence-electron chi connectivity index (χ2n) is 12.4. The summed E-state index contributed by atoms with van der Waals surface area (Å²) in [5.41, 5.74) is -0.00295. The monoisotopic (exact) mass is 663 g/mol. The fraction of sp³-hybridized carbons (Fsp3) is 0.444. The van der Waals surface area contributed by atoms with Crippen LogP contribution in [-0.4, -0.2) is 83.3 Å². The Hall–Kier alpha value is -3.99. The molecule has 10 nitrogen and oxygen atoms in total. The van der Waals surface area contributed by atoms with Crippen LogP contribution < -0.4 is 10.2 Å². The Bertz CT molecular complexity index is 1500. The molecule has 2 bridgehead atoms. The molecular weight excluding hydrogens is 622 g/mol. The number of hydrogen-bond donors (Lipinski definition) is 2. The average Bonchev–Trinajstić information content (AvgIpc) is 3.72. The molecule has 3 saturated heterocycles. The van der Waals surface area contributed by atoms with Gasteiger partial charge in [0.25, 0.3) is 5.91 Å². The van der Waals surface area contributed by atoms with Crippen LogP contribution in [0.25, 0.3) is 0 Å². The Morgan fingerprint density at radius 2 is 1.89 bits per heavy atom. The molecule has 0 radical (unpaired) electrons. The summed E-state index contributed by atoms with van der Waals surface area (Å²) in [6.07, 6.45) is 3.85. The molecule has 250 valence electrons. The molecule has 11 heteroatoms. The van der Waals surface area contributed by atoms with Crippen molar-refractivity contribution in [3.8, 4) is 0 Å². The molecule has 2 aromatic carbocycles. The highest BCUT2D eigenvalue weighted by atomic mass is 35.5. The quantitative estimate of drug-likeness (QED) is 0.219. The number of rotatable bonds is 15. The first-order valence-electron chi connectivity index (χ1n) is 16.1. The van der Waals surface area contributed by atoms with Gasteiger partial charge < -0.3 is 29.7 Å². The first-order chi connectivity index (χ1) is 22.7. The molecule has 0 unspecified atom stereocenters. The zero-order chi connectivity index (χ0) is 33.7. The number of hydrogen-bond acceptors (Lipinski definition) is 7. The van der Waals surface area contributed by atoms with Gasteiger partial charge in [0, 0.05) is 13.0 Å². The standard InChI is InChI=1S/C36H42ClN3O7/c1-4-6-16-29(42)38-21-23(3)46-35(45)30-28-17-18-36(47-28)31(30)33(43)40(25(22-41)20-24-12-8-7-9-13-24)32(36)34(44)39(19-5-2)27-15-11-10-14-26(27)37/h4-5,7-15,23,25,28,30-32,41H,1-2,6,16-22H2,3H3,(H,38,42)/t23-,25+,28-,30+,31+,32-,36+/m0/s1. The molecule has 2 aromatic rings. The molecular formula is C36H42ClN3O7. The van der Waals surface area contributed by atoms with E-state index in [1.165, 1.54) is 9.80 Å². The van der Waals surface area contributed by atoms with Crippen molar-refractivity contribution >= 4 is 41.0 Å². The Kier molecular flexibility index (Phi) is 10.8. The summed E-state index contributed by atoms with van der Waals surface area (Å²) in [5, 5.41) is 13.8. The van der Waals surface area contributed by atoms with Gasteiger partial charge in [-0.3, -0.25) is 19.2 Å². The van der Waals surface area contributed by atoms with Gasteiger partial charge in [-0.15, -0.1) is 13.2 Å². The van der Waals surface area contributed by atoms with Gasteiger partial charge in [0.05, 0.1) is 47.8 Å². The van der Waals surface area contributed by atoms with Gasteiger partial charge in [0.15, 0.2) is 0 Å². The number of anilines is 1. The summed E-state index contributed by atoms with van der Waals surface area (Å²) in [5.74, 6) is -3.64. The van der Waals surface area contributed by atoms with E-state index >= 15 is 0 Å². The smallest absolute Gasteiger partial charge is 0.312 e. The molecule has 0 aromatic heterocycles. The van der Waals surface area contributed by atoms with Crippen LogP contribution in [0.4, 0.5) is 5.69 Å². The molecule has 3 amide bonds. The molecule has 47 heavy (non-hydrogen) atoms. The number of aliphatic hydroxyl groups excluding tert-OH is 1. The summed E-state index contributed by atoms with van der Waals surface area (Å²) in [6, 6.07) is 14.4. The second-order valence-corrected chi connectivity index (χ2v) is 12.8. The maximum absolute atomic E-state index is 14.8. The average molecular weight is 664 g/mol. The van der Waals surface area contributed by atoms with E-state index in [9.17, 15) is 24.3 Å². The highest BCUT2D eigenvalue weighted by Crippen LogP contribution is 2.59. The van der Waals surface area contributed by atoms with Crippen LogP contribution in [0.3, 0.4) is 0 Å². The van der Waals surface area contributed by atoms with E-state index < -0.39 is 66.1 Å². The van der Waals surface area contributed by atoms with Crippen molar-refractivity contribution in [3.63, 3.8) is 0 Å². The van der Waals surface area contributed by atoms with Crippen LogP contribution in [0.15, 0.2) is 79.9 Å². The summed E-state index contributed by atoms with van der Waals surface area (Å²) >= 11 is 6.57. The Labute approximate surface area is 280 Å². The third-order valence-corrected chi connectivity index (χ3v) is 9.68. The molecule has 3 heterocycles. The first-order valence-corrected chi connectivity index (χ1v) is 16.4. The van der Waals surface area contributed by atoms with Gasteiger partial charge in [-0.25, -0.2) is 0 Å². The molecule has 0 saturated carbocycles.